The number of hydrogen-bond donors (Lipinski definition) is 1. The van der Waals surface area contributed by atoms with Crippen molar-refractivity contribution in [3.05, 3.63) is 64.2 Å². The molecular formula is C19H23N3O6S. The number of nitrogens with one attached hydrogen (secondary N) is 1. The lowest BCUT2D eigenvalue weighted by atomic mass is 10.1. The normalized spacial score (nSPS) is 13.2. The molecule has 9 nitrogen and oxygen atoms in total. The van der Waals surface area contributed by atoms with Crippen LogP contribution in [0.5, 0.6) is 5.75 Å². The van der Waals surface area contributed by atoms with Crippen LogP contribution in [0.2, 0.25) is 0 Å². The third-order valence-corrected chi connectivity index (χ3v) is 5.59. The number of para-hydroxylation sites is 1. The minimum Gasteiger partial charge on any atom is -0.496 e. The minimum absolute atomic E-state index is 0.0364. The van der Waals surface area contributed by atoms with Crippen LogP contribution >= 0.6 is 0 Å². The van der Waals surface area contributed by atoms with E-state index in [9.17, 15) is 23.3 Å². The van der Waals surface area contributed by atoms with Crippen molar-refractivity contribution in [1.82, 2.24) is 5.32 Å². The Morgan fingerprint density at radius 3 is 2.41 bits per heavy atom. The van der Waals surface area contributed by atoms with Crippen molar-refractivity contribution in [2.24, 2.45) is 0 Å². The number of carbonyl (C=O) groups is 1. The second-order valence-corrected chi connectivity index (χ2v) is 8.34. The van der Waals surface area contributed by atoms with Gasteiger partial charge in [-0.15, -0.1) is 0 Å². The molecule has 29 heavy (non-hydrogen) atoms. The summed E-state index contributed by atoms with van der Waals surface area (Å²) in [6, 6.07) is 10.7. The summed E-state index contributed by atoms with van der Waals surface area (Å²) in [7, 11) is -2.38. The molecule has 2 aromatic carbocycles. The van der Waals surface area contributed by atoms with E-state index < -0.39 is 32.9 Å². The van der Waals surface area contributed by atoms with Crippen LogP contribution in [-0.4, -0.2) is 38.7 Å². The predicted octanol–water partition coefficient (Wildman–Crippen LogP) is 2.64. The molecule has 0 radical (unpaired) electrons. The van der Waals surface area contributed by atoms with Crippen molar-refractivity contribution < 1.29 is 22.9 Å². The average Bonchev–Trinajstić information content (AvgIpc) is 2.66. The molecule has 0 fully saturated rings. The molecule has 2 unspecified atom stereocenters. The summed E-state index contributed by atoms with van der Waals surface area (Å²) in [5.41, 5.74) is 0.497. The fourth-order valence-corrected chi connectivity index (χ4v) is 4.16. The van der Waals surface area contributed by atoms with E-state index in [0.717, 1.165) is 22.2 Å². The zero-order valence-electron chi connectivity index (χ0n) is 16.5. The topological polar surface area (TPSA) is 119 Å². The molecule has 10 heteroatoms. The smallest absolute Gasteiger partial charge is 0.271 e. The number of nitrogens with zero attached hydrogens (tertiary/aromatic N) is 2. The number of hydrogen-bond acceptors (Lipinski definition) is 6. The second-order valence-electron chi connectivity index (χ2n) is 6.48. The van der Waals surface area contributed by atoms with Crippen LogP contribution in [0.15, 0.2) is 48.5 Å². The number of benzene rings is 2. The van der Waals surface area contributed by atoms with E-state index in [2.05, 4.69) is 5.32 Å². The van der Waals surface area contributed by atoms with Gasteiger partial charge in [-0.25, -0.2) is 8.42 Å². The molecule has 0 spiro atoms. The standard InChI is InChI=1S/C19H23N3O6S/c1-13(17-10-5-6-11-18(17)28-3)20-19(23)14(2)21(29(4,26)27)15-8-7-9-16(12-15)22(24)25/h5-14H,1-4H3,(H,20,23). The van der Waals surface area contributed by atoms with Crippen molar-refractivity contribution in [2.45, 2.75) is 25.9 Å². The number of amides is 1. The predicted molar refractivity (Wildman–Crippen MR) is 109 cm³/mol. The van der Waals surface area contributed by atoms with Gasteiger partial charge in [-0.3, -0.25) is 19.2 Å². The number of sulfonamides is 1. The van der Waals surface area contributed by atoms with E-state index in [0.29, 0.717) is 5.75 Å². The molecule has 0 saturated heterocycles. The highest BCUT2D eigenvalue weighted by atomic mass is 32.2. The molecule has 156 valence electrons. The summed E-state index contributed by atoms with van der Waals surface area (Å²) in [5.74, 6) is 0.0342. The molecular weight excluding hydrogens is 398 g/mol. The first-order valence-electron chi connectivity index (χ1n) is 8.73. The molecule has 0 bridgehead atoms. The highest BCUT2D eigenvalue weighted by molar-refractivity contribution is 7.92. The van der Waals surface area contributed by atoms with E-state index >= 15 is 0 Å². The van der Waals surface area contributed by atoms with E-state index in [1.807, 2.05) is 0 Å². The number of non-ortho nitro benzene ring substituents is 1. The SMILES string of the molecule is COc1ccccc1C(C)NC(=O)C(C)N(c1cccc([N+](=O)[O-])c1)S(C)(=O)=O. The Hall–Kier alpha value is -3.14. The number of ether oxygens (including phenoxy) is 1. The fraction of sp³-hybridized carbons (Fsp3) is 0.316. The van der Waals surface area contributed by atoms with Gasteiger partial charge in [0.2, 0.25) is 15.9 Å². The van der Waals surface area contributed by atoms with E-state index in [1.165, 1.54) is 32.2 Å². The number of anilines is 1. The van der Waals surface area contributed by atoms with Crippen LogP contribution in [0.25, 0.3) is 0 Å². The van der Waals surface area contributed by atoms with Crippen LogP contribution < -0.4 is 14.4 Å². The number of nitro groups is 1. The molecule has 0 aliphatic rings. The van der Waals surface area contributed by atoms with Gasteiger partial charge in [0.05, 0.1) is 30.0 Å². The zero-order valence-corrected chi connectivity index (χ0v) is 17.3. The summed E-state index contributed by atoms with van der Waals surface area (Å²) in [4.78, 5) is 23.2. The van der Waals surface area contributed by atoms with E-state index in [4.69, 9.17) is 4.74 Å². The van der Waals surface area contributed by atoms with Gasteiger partial charge in [0.15, 0.2) is 0 Å². The molecule has 2 aromatic rings. The van der Waals surface area contributed by atoms with Gasteiger partial charge in [0, 0.05) is 17.7 Å². The number of methoxy groups -OCH3 is 1. The Morgan fingerprint density at radius 2 is 1.83 bits per heavy atom. The maximum Gasteiger partial charge on any atom is 0.271 e. The molecule has 2 rings (SSSR count). The van der Waals surface area contributed by atoms with Crippen molar-refractivity contribution in [2.75, 3.05) is 17.7 Å². The Kier molecular flexibility index (Phi) is 6.80. The number of rotatable bonds is 8. The monoisotopic (exact) mass is 421 g/mol. The highest BCUT2D eigenvalue weighted by Gasteiger charge is 2.31. The maximum atomic E-state index is 12.8. The average molecular weight is 421 g/mol. The van der Waals surface area contributed by atoms with Crippen LogP contribution in [0.3, 0.4) is 0 Å². The highest BCUT2D eigenvalue weighted by Crippen LogP contribution is 2.27. The Bertz CT molecular complexity index is 1010. The summed E-state index contributed by atoms with van der Waals surface area (Å²) in [6.45, 7) is 3.17. The van der Waals surface area contributed by atoms with Crippen molar-refractivity contribution >= 4 is 27.3 Å². The summed E-state index contributed by atoms with van der Waals surface area (Å²) in [6.07, 6.45) is 0.944. The summed E-state index contributed by atoms with van der Waals surface area (Å²) in [5, 5.41) is 13.8. The van der Waals surface area contributed by atoms with Crippen molar-refractivity contribution in [1.29, 1.82) is 0 Å². The molecule has 1 amide bonds. The van der Waals surface area contributed by atoms with Gasteiger partial charge in [-0.05, 0) is 26.0 Å². The molecule has 2 atom stereocenters. The minimum atomic E-state index is -3.89. The third kappa shape index (κ3) is 5.23. The van der Waals surface area contributed by atoms with Crippen LogP contribution in [0, 0.1) is 10.1 Å². The lowest BCUT2D eigenvalue weighted by Crippen LogP contribution is -2.48. The van der Waals surface area contributed by atoms with Gasteiger partial charge in [0.1, 0.15) is 11.8 Å². The fourth-order valence-electron chi connectivity index (χ4n) is 2.99. The van der Waals surface area contributed by atoms with Crippen molar-refractivity contribution in [3.63, 3.8) is 0 Å². The lowest BCUT2D eigenvalue weighted by Gasteiger charge is -2.29. The van der Waals surface area contributed by atoms with E-state index in [-0.39, 0.29) is 11.4 Å². The Morgan fingerprint density at radius 1 is 1.17 bits per heavy atom. The third-order valence-electron chi connectivity index (χ3n) is 4.35. The quantitative estimate of drug-likeness (QED) is 0.517. The first kappa shape index (κ1) is 22.2. The maximum absolute atomic E-state index is 12.8. The van der Waals surface area contributed by atoms with E-state index in [1.54, 1.807) is 31.2 Å². The molecule has 0 saturated carbocycles. The zero-order chi connectivity index (χ0) is 21.8. The number of carbonyl (C=O) groups excluding carboxylic acids is 1. The van der Waals surface area contributed by atoms with Crippen LogP contribution in [-0.2, 0) is 14.8 Å². The first-order valence-corrected chi connectivity index (χ1v) is 10.6. The van der Waals surface area contributed by atoms with Gasteiger partial charge in [-0.1, -0.05) is 24.3 Å². The Balaban J connectivity index is 2.32. The molecule has 0 aromatic heterocycles. The van der Waals surface area contributed by atoms with Crippen LogP contribution in [0.4, 0.5) is 11.4 Å². The van der Waals surface area contributed by atoms with Gasteiger partial charge in [-0.2, -0.15) is 0 Å². The summed E-state index contributed by atoms with van der Waals surface area (Å²) < 4.78 is 30.9. The van der Waals surface area contributed by atoms with Crippen molar-refractivity contribution in [3.8, 4) is 5.75 Å². The number of nitro benzene ring substituents is 1. The van der Waals surface area contributed by atoms with Gasteiger partial charge < -0.3 is 10.1 Å². The Labute approximate surface area is 169 Å². The van der Waals surface area contributed by atoms with Gasteiger partial charge in [0.25, 0.3) is 5.69 Å². The molecule has 0 aliphatic heterocycles. The van der Waals surface area contributed by atoms with Crippen LogP contribution in [0.1, 0.15) is 25.5 Å². The molecule has 0 aliphatic carbocycles. The first-order chi connectivity index (χ1) is 13.6. The van der Waals surface area contributed by atoms with Gasteiger partial charge >= 0.3 is 0 Å². The largest absolute Gasteiger partial charge is 0.496 e. The lowest BCUT2D eigenvalue weighted by molar-refractivity contribution is -0.384. The molecule has 0 heterocycles. The second kappa shape index (κ2) is 8.91. The summed E-state index contributed by atoms with van der Waals surface area (Å²) >= 11 is 0. The molecule has 1 N–H and O–H groups in total.